The van der Waals surface area contributed by atoms with Gasteiger partial charge in [0.1, 0.15) is 6.61 Å². The van der Waals surface area contributed by atoms with Gasteiger partial charge in [-0.3, -0.25) is 4.90 Å². The van der Waals surface area contributed by atoms with Crippen LogP contribution in [0.25, 0.3) is 0 Å². The van der Waals surface area contributed by atoms with Crippen molar-refractivity contribution in [2.75, 3.05) is 26.2 Å². The first-order valence-corrected chi connectivity index (χ1v) is 5.80. The molecule has 5 nitrogen and oxygen atoms in total. The van der Waals surface area contributed by atoms with Gasteiger partial charge >= 0.3 is 6.09 Å². The second kappa shape index (κ2) is 5.50. The first kappa shape index (κ1) is 13.3. The number of nitrogens with one attached hydrogen (secondary N) is 1. The van der Waals surface area contributed by atoms with Gasteiger partial charge in [0, 0.05) is 24.7 Å². The third kappa shape index (κ3) is 5.32. The fourth-order valence-electron chi connectivity index (χ4n) is 1.68. The van der Waals surface area contributed by atoms with Crippen LogP contribution in [0.2, 0.25) is 0 Å². The molecule has 0 saturated carbocycles. The van der Waals surface area contributed by atoms with E-state index >= 15 is 0 Å². The van der Waals surface area contributed by atoms with Gasteiger partial charge in [-0.2, -0.15) is 0 Å². The van der Waals surface area contributed by atoms with Crippen molar-refractivity contribution in [3.63, 3.8) is 0 Å². The topological polar surface area (TPSA) is 67.6 Å². The van der Waals surface area contributed by atoms with E-state index in [9.17, 15) is 4.79 Å². The smallest absolute Gasteiger partial charge is 0.407 e. The summed E-state index contributed by atoms with van der Waals surface area (Å²) in [5, 5.41) is 2.75. The molecule has 0 aromatic rings. The number of hydrogen-bond donors (Lipinski definition) is 2. The van der Waals surface area contributed by atoms with Crippen molar-refractivity contribution in [1.29, 1.82) is 0 Å². The zero-order valence-electron chi connectivity index (χ0n) is 10.5. The van der Waals surface area contributed by atoms with E-state index in [-0.39, 0.29) is 17.7 Å². The lowest BCUT2D eigenvalue weighted by Crippen LogP contribution is -2.41. The van der Waals surface area contributed by atoms with Gasteiger partial charge in [-0.15, -0.1) is 0 Å². The predicted octanol–water partition coefficient (Wildman–Crippen LogP) is 0.544. The largest absolute Gasteiger partial charge is 0.448 e. The molecule has 16 heavy (non-hydrogen) atoms. The van der Waals surface area contributed by atoms with E-state index in [0.717, 1.165) is 26.1 Å². The zero-order chi connectivity index (χ0) is 12.2. The Morgan fingerprint density at radius 2 is 2.25 bits per heavy atom. The van der Waals surface area contributed by atoms with Gasteiger partial charge < -0.3 is 15.8 Å². The van der Waals surface area contributed by atoms with Gasteiger partial charge in [0.2, 0.25) is 0 Å². The van der Waals surface area contributed by atoms with Crippen LogP contribution in [-0.2, 0) is 4.74 Å². The molecule has 0 aliphatic carbocycles. The summed E-state index contributed by atoms with van der Waals surface area (Å²) < 4.78 is 5.08. The number of carbonyl (C=O) groups excluding carboxylic acids is 1. The third-order valence-corrected chi connectivity index (χ3v) is 2.43. The summed E-state index contributed by atoms with van der Waals surface area (Å²) >= 11 is 0. The van der Waals surface area contributed by atoms with E-state index in [2.05, 4.69) is 10.2 Å². The van der Waals surface area contributed by atoms with Crippen LogP contribution in [0.4, 0.5) is 4.79 Å². The number of nitrogens with zero attached hydrogens (tertiary/aromatic N) is 1. The summed E-state index contributed by atoms with van der Waals surface area (Å²) in [4.78, 5) is 13.5. The minimum atomic E-state index is -0.351. The van der Waals surface area contributed by atoms with Crippen LogP contribution >= 0.6 is 0 Å². The number of amides is 1. The normalized spacial score (nSPS) is 22.1. The Hall–Kier alpha value is -0.810. The molecule has 1 heterocycles. The number of rotatable bonds is 3. The molecule has 94 valence electrons. The number of nitrogens with two attached hydrogens (primary N) is 1. The first-order valence-electron chi connectivity index (χ1n) is 5.80. The zero-order valence-corrected chi connectivity index (χ0v) is 10.5. The van der Waals surface area contributed by atoms with Crippen LogP contribution in [0.3, 0.4) is 0 Å². The molecule has 1 aliphatic heterocycles. The molecule has 0 bridgehead atoms. The highest BCUT2D eigenvalue weighted by molar-refractivity contribution is 5.68. The molecular formula is C11H23N3O2. The standard InChI is InChI=1S/C11H23N3O2/c1-11(2,3)13-10(15)16-7-6-14-5-4-9(12)8-14/h9H,4-8,12H2,1-3H3,(H,13,15)/t9-/m1/s1. The molecule has 1 fully saturated rings. The van der Waals surface area contributed by atoms with E-state index in [1.165, 1.54) is 0 Å². The summed E-state index contributed by atoms with van der Waals surface area (Å²) in [5.41, 5.74) is 5.54. The van der Waals surface area contributed by atoms with E-state index in [1.54, 1.807) is 0 Å². The number of carbonyl (C=O) groups is 1. The Morgan fingerprint density at radius 3 is 2.75 bits per heavy atom. The lowest BCUT2D eigenvalue weighted by Gasteiger charge is -2.21. The molecule has 3 N–H and O–H groups in total. The average molecular weight is 229 g/mol. The van der Waals surface area contributed by atoms with Crippen LogP contribution < -0.4 is 11.1 Å². The quantitative estimate of drug-likeness (QED) is 0.741. The van der Waals surface area contributed by atoms with Crippen LogP contribution in [0.15, 0.2) is 0 Å². The molecular weight excluding hydrogens is 206 g/mol. The van der Waals surface area contributed by atoms with Crippen LogP contribution in [0, 0.1) is 0 Å². The number of likely N-dealkylation sites (tertiary alicyclic amines) is 1. The highest BCUT2D eigenvalue weighted by atomic mass is 16.5. The molecule has 1 atom stereocenters. The summed E-state index contributed by atoms with van der Waals surface area (Å²) in [5.74, 6) is 0. The molecule has 0 unspecified atom stereocenters. The maximum Gasteiger partial charge on any atom is 0.407 e. The fourth-order valence-corrected chi connectivity index (χ4v) is 1.68. The highest BCUT2D eigenvalue weighted by Crippen LogP contribution is 2.06. The van der Waals surface area contributed by atoms with E-state index in [0.29, 0.717) is 6.61 Å². The predicted molar refractivity (Wildman–Crippen MR) is 63.3 cm³/mol. The summed E-state index contributed by atoms with van der Waals surface area (Å²) in [6, 6.07) is 0.281. The van der Waals surface area contributed by atoms with Crippen LogP contribution in [-0.4, -0.2) is 48.8 Å². The Balaban J connectivity index is 2.09. The molecule has 5 heteroatoms. The van der Waals surface area contributed by atoms with Crippen molar-refractivity contribution in [2.45, 2.75) is 38.8 Å². The van der Waals surface area contributed by atoms with Crippen molar-refractivity contribution in [3.8, 4) is 0 Å². The second-order valence-corrected chi connectivity index (χ2v) is 5.36. The van der Waals surface area contributed by atoms with Gasteiger partial charge in [-0.1, -0.05) is 0 Å². The molecule has 0 radical (unpaired) electrons. The lowest BCUT2D eigenvalue weighted by molar-refractivity contribution is 0.125. The van der Waals surface area contributed by atoms with E-state index < -0.39 is 0 Å². The first-order chi connectivity index (χ1) is 7.37. The van der Waals surface area contributed by atoms with Gasteiger partial charge in [-0.05, 0) is 33.7 Å². The minimum absolute atomic E-state index is 0.243. The van der Waals surface area contributed by atoms with Crippen LogP contribution in [0.1, 0.15) is 27.2 Å². The fraction of sp³-hybridized carbons (Fsp3) is 0.909. The lowest BCUT2D eigenvalue weighted by atomic mass is 10.1. The van der Waals surface area contributed by atoms with Crippen molar-refractivity contribution in [2.24, 2.45) is 5.73 Å². The highest BCUT2D eigenvalue weighted by Gasteiger charge is 2.19. The van der Waals surface area contributed by atoms with Gasteiger partial charge in [0.05, 0.1) is 0 Å². The van der Waals surface area contributed by atoms with Crippen LogP contribution in [0.5, 0.6) is 0 Å². The Bertz CT molecular complexity index is 238. The van der Waals surface area contributed by atoms with Crippen molar-refractivity contribution < 1.29 is 9.53 Å². The van der Waals surface area contributed by atoms with E-state index in [1.807, 2.05) is 20.8 Å². The SMILES string of the molecule is CC(C)(C)NC(=O)OCCN1CC[C@@H](N)C1. The number of hydrogen-bond acceptors (Lipinski definition) is 4. The number of ether oxygens (including phenoxy) is 1. The molecule has 1 saturated heterocycles. The maximum atomic E-state index is 11.3. The Kier molecular flexibility index (Phi) is 4.56. The van der Waals surface area contributed by atoms with Crippen molar-refractivity contribution in [1.82, 2.24) is 10.2 Å². The Labute approximate surface area is 97.3 Å². The van der Waals surface area contributed by atoms with Gasteiger partial charge in [0.25, 0.3) is 0 Å². The van der Waals surface area contributed by atoms with Gasteiger partial charge in [0.15, 0.2) is 0 Å². The molecule has 1 rings (SSSR count). The van der Waals surface area contributed by atoms with Gasteiger partial charge in [-0.25, -0.2) is 4.79 Å². The minimum Gasteiger partial charge on any atom is -0.448 e. The summed E-state index contributed by atoms with van der Waals surface area (Å²) in [7, 11) is 0. The third-order valence-electron chi connectivity index (χ3n) is 2.43. The molecule has 1 aliphatic rings. The monoisotopic (exact) mass is 229 g/mol. The van der Waals surface area contributed by atoms with Crippen molar-refractivity contribution >= 4 is 6.09 Å². The second-order valence-electron chi connectivity index (χ2n) is 5.36. The average Bonchev–Trinajstić information content (AvgIpc) is 2.48. The van der Waals surface area contributed by atoms with E-state index in [4.69, 9.17) is 10.5 Å². The molecule has 1 amide bonds. The maximum absolute atomic E-state index is 11.3. The molecule has 0 aromatic heterocycles. The molecule has 0 aromatic carbocycles. The molecule has 0 spiro atoms. The Morgan fingerprint density at radius 1 is 1.56 bits per heavy atom. The number of alkyl carbamates (subject to hydrolysis) is 1. The van der Waals surface area contributed by atoms with Crippen molar-refractivity contribution in [3.05, 3.63) is 0 Å². The summed E-state index contributed by atoms with van der Waals surface area (Å²) in [6.45, 7) is 8.88. The summed E-state index contributed by atoms with van der Waals surface area (Å²) in [6.07, 6.45) is 0.685.